The number of carbonyl (C=O) groups excluding carboxylic acids is 5. The number of nitrogens with one attached hydrogen (secondary N) is 5. The number of aryl methyl sites for hydroxylation is 1. The minimum Gasteiger partial charge on any atom is -0.354 e. The minimum atomic E-state index is -3.91. The van der Waals surface area contributed by atoms with Crippen LogP contribution >= 0.6 is 0 Å². The number of nitrogens with zero attached hydrogens (tertiary/aromatic N) is 25. The molecule has 5 N–H and O–H groups in total. The molecule has 0 bridgehead atoms. The Labute approximate surface area is 753 Å². The maximum Gasteiger partial charge on any atom is 0.302 e. The van der Waals surface area contributed by atoms with Gasteiger partial charge in [0.05, 0.1) is 70.8 Å². The molecule has 606 valence electrons. The second-order valence-electron chi connectivity index (χ2n) is 24.2. The third-order valence-electron chi connectivity index (χ3n) is 17.0. The number of likely N-dealkylation sites (tertiary alicyclic amines) is 5. The fourth-order valence-corrected chi connectivity index (χ4v) is 11.4. The van der Waals surface area contributed by atoms with E-state index in [0.29, 0.717) is 20.6 Å². The average Bonchev–Trinajstić information content (AvgIpc) is 1.15. The van der Waals surface area contributed by atoms with Crippen LogP contribution in [0.1, 0.15) is 149 Å². The third-order valence-corrected chi connectivity index (χ3v) is 17.0. The summed E-state index contributed by atoms with van der Waals surface area (Å²) < 4.78 is 458. The number of piperidine rings is 5. The zero-order chi connectivity index (χ0) is 132. The molecule has 0 unspecified atom stereocenters. The molecule has 0 saturated carbocycles. The van der Waals surface area contributed by atoms with Crippen molar-refractivity contribution in [2.45, 2.75) is 103 Å². The molecule has 5 saturated heterocycles. The molecule has 0 aliphatic carbocycles. The van der Waals surface area contributed by atoms with Crippen LogP contribution in [0.15, 0.2) is 86.6 Å². The number of aromatic amines is 5. The van der Waals surface area contributed by atoms with Gasteiger partial charge in [0, 0.05) is 173 Å². The van der Waals surface area contributed by atoms with Crippen molar-refractivity contribution in [2.24, 2.45) is 29.5 Å². The van der Waals surface area contributed by atoms with E-state index < -0.39 is 288 Å². The van der Waals surface area contributed by atoms with Crippen molar-refractivity contribution in [1.29, 1.82) is 0 Å². The summed E-state index contributed by atoms with van der Waals surface area (Å²) in [5.74, 6) is -23.4. The van der Waals surface area contributed by atoms with Gasteiger partial charge < -0.3 is 98.1 Å². The van der Waals surface area contributed by atoms with E-state index in [0.717, 1.165) is 30.8 Å². The van der Waals surface area contributed by atoms with Gasteiger partial charge in [-0.1, -0.05) is 34.4 Å². The Morgan fingerprint density at radius 3 is 1.18 bits per heavy atom. The number of hydrogen-bond acceptors (Lipinski definition) is 20. The molecule has 0 aromatic carbocycles. The monoisotopic (exact) mass is 1630 g/mol. The SMILES string of the molecule is [2H]c1nc(N(C([2H])([2H])[2H])[C@@]2([2H])CN(C(=O)C([2H])([2H])[N+]#[C-])CC[C@@]2([2H])C([2H])([2H])[2H])c2c([2H])c(C)[nH]c2n1.[2H]c1nc(N(C)[C@@H]2[C@H](C([2H])([2H])[2H])C([2H])([2H])C([2H])([2H])N(C(=O)C([2H])([2H])[N+]#[C-])C2([2H])[2H])c2cc[nH]c2n1.[2H]c1nc(N(C)[C@@H]2[C@H](C)C([2H])([2H])C([2H])([2H])N(C(=O)C([2H])([2H])[N+]#[C-])C2([2H])[2H])c2cc[nH]c2n1.[2H]c1nc(N(C)[C@H]2C([2H])([2H])N(C(=O)C([2H])([2H])[N+]#[C-])C([2H])([2H])C([2H])([2H])[C@@]2([2H])C([2H])([2H])[2H])c2cc[nH]c2n1.[2H]c1nc(N(C)[C@H]2C([2H])([2H])N(C(=O)C([2H])([2H])[N+]#[C-])C([2H])([2H])C([2H])([2H])[C@@]2([2H])C)c2cc[nH]c2n1. The minimum absolute atomic E-state index is 0.0424. The molecule has 5 amide bonds. The maximum atomic E-state index is 13.0. The van der Waals surface area contributed by atoms with Gasteiger partial charge >= 0.3 is 29.5 Å². The number of amides is 5. The predicted molar refractivity (Wildman–Crippen MR) is 444 cm³/mol. The number of fused-ring (bicyclic) bond motifs is 5. The first-order valence-electron chi connectivity index (χ1n) is 61.3. The largest absolute Gasteiger partial charge is 0.354 e. The van der Waals surface area contributed by atoms with Crippen LogP contribution in [0, 0.1) is 69.3 Å². The highest BCUT2D eigenvalue weighted by atomic mass is 16.2. The number of anilines is 5. The van der Waals surface area contributed by atoms with Gasteiger partial charge in [-0.05, 0) is 98.7 Å². The van der Waals surface area contributed by atoms with E-state index in [4.69, 9.17) is 108 Å². The van der Waals surface area contributed by atoms with Gasteiger partial charge in [-0.2, -0.15) is 0 Å². The van der Waals surface area contributed by atoms with Crippen molar-refractivity contribution in [3.8, 4) is 0 Å². The number of likely N-dealkylation sites (N-methyl/N-ethyl adjacent to an activating group) is 5. The standard InChI is InChI=1S/C17H22N6O.4C16H20N6O/c1-11-5-6-23(15(24)8-18-3)9-14(11)22(4)17-13-7-12(2)21-16(13)19-10-20-17;4*1-11-5-7-22(14(23)8-17-2)9-13(11)21(3)16-12-4-6-18-15(12)19-10-20-16/h7,10-11,14H,5-6,8-9H2,1-2,4H3,(H,19,20,21);4*4,6,10-11,13H,5,7-9H2,1,3H3,(H,18,19,20)/t11-,14+;4*11-,13+/m11111/s1/i1D3,4D3,7D,8D2,10D,11D,14D;1D3,5D2,7D2,8D2,9D2,10D,11D;5D2,7D2,8D2,9D2,10D,11D;1D3,5D2,7D2,8D2,9D2,10D;5D2,7D2,8D2,9D2,10D. The normalized spacial score (nSPS) is 37.0. The Kier molecular flexibility index (Phi) is 12.5. The number of H-pyrrole nitrogens is 5. The third kappa shape index (κ3) is 19.2. The Hall–Kier alpha value is -13.1. The molecule has 5 fully saturated rings. The molecule has 35 heteroatoms. The highest BCUT2D eigenvalue weighted by Gasteiger charge is 2.39. The van der Waals surface area contributed by atoms with Gasteiger partial charge in [0.15, 0.2) is 0 Å². The van der Waals surface area contributed by atoms with Crippen LogP contribution in [-0.2, 0) is 24.0 Å². The van der Waals surface area contributed by atoms with Crippen molar-refractivity contribution in [1.82, 2.24) is 99.3 Å². The fraction of sp³-hybridized carbons (Fsp3) is 0.506. The Balaban J connectivity index is 0.000000201. The van der Waals surface area contributed by atoms with E-state index in [1.165, 1.54) is 75.8 Å². The molecule has 10 aromatic rings. The lowest BCUT2D eigenvalue weighted by molar-refractivity contribution is -0.131. The summed E-state index contributed by atoms with van der Waals surface area (Å²) in [6.07, 6.45) is -11.1. The average molecular weight is 1630 g/mol. The quantitative estimate of drug-likeness (QED) is 0.0606. The number of rotatable bonds is 15. The van der Waals surface area contributed by atoms with Crippen LogP contribution in [0.4, 0.5) is 29.1 Å². The molecular formula is C81H102N30O5. The van der Waals surface area contributed by atoms with Crippen molar-refractivity contribution in [3.05, 3.63) is 149 Å². The summed E-state index contributed by atoms with van der Waals surface area (Å²) >= 11 is 0. The molecule has 0 spiro atoms. The van der Waals surface area contributed by atoms with E-state index in [1.807, 2.05) is 0 Å². The molecule has 15 heterocycles. The van der Waals surface area contributed by atoms with Crippen molar-refractivity contribution in [2.75, 3.05) is 157 Å². The zero-order valence-corrected chi connectivity index (χ0v) is 61.4. The molecular weight excluding hydrogens is 1470 g/mol. The van der Waals surface area contributed by atoms with E-state index in [9.17, 15) is 25.3 Å². The summed E-state index contributed by atoms with van der Waals surface area (Å²) in [7, 11) is 4.76. The molecule has 5 aliphatic rings. The second-order valence-corrected chi connectivity index (χ2v) is 24.2. The van der Waals surface area contributed by atoms with Crippen LogP contribution in [-0.4, -0.2) is 292 Å². The summed E-state index contributed by atoms with van der Waals surface area (Å²) in [4.78, 5) is 133. The highest BCUT2D eigenvalue weighted by Crippen LogP contribution is 2.35. The van der Waals surface area contributed by atoms with E-state index in [2.05, 4.69) is 99.0 Å². The van der Waals surface area contributed by atoms with Crippen LogP contribution in [0.2, 0.25) is 0 Å². The summed E-state index contributed by atoms with van der Waals surface area (Å²) in [6.45, 7) is -21.2. The summed E-state index contributed by atoms with van der Waals surface area (Å²) in [5, 5.41) is 0.755. The van der Waals surface area contributed by atoms with E-state index in [-0.39, 0.29) is 99.0 Å². The second kappa shape index (κ2) is 38.6. The van der Waals surface area contributed by atoms with Gasteiger partial charge in [-0.25, -0.2) is 82.7 Å². The van der Waals surface area contributed by atoms with Gasteiger partial charge in [-0.15, -0.1) is 0 Å². The van der Waals surface area contributed by atoms with Crippen molar-refractivity contribution >= 4 is 114 Å². The molecule has 5 aliphatic heterocycles. The molecule has 116 heavy (non-hydrogen) atoms. The molecule has 15 rings (SSSR count). The summed E-state index contributed by atoms with van der Waals surface area (Å²) in [5.41, 5.74) is 0.761. The Bertz CT molecular complexity index is 8120. The first kappa shape index (κ1) is 37.5. The fourth-order valence-electron chi connectivity index (χ4n) is 11.4. The summed E-state index contributed by atoms with van der Waals surface area (Å²) in [6, 6.07) is -5.67. The molecule has 10 aromatic heterocycles. The Morgan fingerprint density at radius 1 is 0.457 bits per heavy atom. The number of carbonyl (C=O) groups is 5. The zero-order valence-electron chi connectivity index (χ0n) is 117. The van der Waals surface area contributed by atoms with Crippen LogP contribution in [0.3, 0.4) is 0 Å². The maximum absolute atomic E-state index is 13.0. The van der Waals surface area contributed by atoms with Crippen molar-refractivity contribution in [3.63, 3.8) is 0 Å². The number of aromatic nitrogens is 15. The number of hydrogen-bond donors (Lipinski definition) is 5. The molecule has 35 nitrogen and oxygen atoms in total. The topological polar surface area (TPSA) is 347 Å². The molecule has 10 atom stereocenters. The van der Waals surface area contributed by atoms with E-state index >= 15 is 0 Å². The van der Waals surface area contributed by atoms with Crippen LogP contribution in [0.25, 0.3) is 79.4 Å². The van der Waals surface area contributed by atoms with Gasteiger partial charge in [-0.3, -0.25) is 24.0 Å². The lowest BCUT2D eigenvalue weighted by atomic mass is 9.92. The lowest BCUT2D eigenvalue weighted by Gasteiger charge is -2.41. The highest BCUT2D eigenvalue weighted by molar-refractivity contribution is 5.92. The Morgan fingerprint density at radius 2 is 0.793 bits per heavy atom. The lowest BCUT2D eigenvalue weighted by Crippen LogP contribution is -2.53. The molecule has 0 radical (unpaired) electrons. The van der Waals surface area contributed by atoms with Crippen LogP contribution < -0.4 is 24.5 Å². The van der Waals surface area contributed by atoms with Gasteiger partial charge in [0.2, 0.25) is 0 Å². The van der Waals surface area contributed by atoms with Crippen molar-refractivity contribution < 1.29 is 101 Å². The first-order valence-corrected chi connectivity index (χ1v) is 33.3. The first-order chi connectivity index (χ1) is 77.4. The van der Waals surface area contributed by atoms with Gasteiger partial charge in [0.1, 0.15) is 109 Å². The van der Waals surface area contributed by atoms with Gasteiger partial charge in [0.25, 0.3) is 32.5 Å². The predicted octanol–water partition coefficient (Wildman–Crippen LogP) is 8.06. The van der Waals surface area contributed by atoms with E-state index in [1.54, 1.807) is 6.07 Å². The smallest absolute Gasteiger partial charge is 0.302 e. The van der Waals surface area contributed by atoms with Crippen LogP contribution in [0.5, 0.6) is 0 Å².